The number of carbonyl (C=O) groups excluding carboxylic acids is 3. The third-order valence-corrected chi connectivity index (χ3v) is 16.3. The normalized spacial score (nSPS) is 34.4. The van der Waals surface area contributed by atoms with Gasteiger partial charge in [0.1, 0.15) is 93.1 Å². The van der Waals surface area contributed by atoms with Crippen molar-refractivity contribution in [1.29, 1.82) is 0 Å². The SMILES string of the molecule is CCCCCCCCCCC[C@@H]1CC(=O)OCC2OC(O[C@H](CCCCCCCCCCC)CC(=O)OCC3OC(O[C@H](CCCCCCCCCCC)CC(=O)OCC4OC(O1)C(O)C(O)C4O)C(O)C(O)C3O)C(O)C(O)C2O. The highest BCUT2D eigenvalue weighted by Crippen LogP contribution is 2.31. The van der Waals surface area contributed by atoms with Crippen LogP contribution in [0.5, 0.6) is 0 Å². The summed E-state index contributed by atoms with van der Waals surface area (Å²) < 4.78 is 53.3. The standard InChI is InChI=1S/C60H108O21/c1-4-7-10-13-16-19-22-25-28-31-40-34-46(61)73-37-44-50(65)53(68)56(71)59(80-44)77-42(33-30-27-24-21-18-15-12-9-6-3)36-48(63)75-39-45-51(66)54(69)57(72)60(81-45)78-41(32-29-26-23-20-17-14-11-8-5-2)35-47(62)74-38-43-49(64)52(67)55(70)58(76-40)79-43/h40-45,49-60,64-72H,4-39H2,1-3H3/t40-,41-,42-,43?,44?,45?,49?,50?,51?,52?,53?,54?,55?,56?,57?,58?,59?,60?/m1/s1. The van der Waals surface area contributed by atoms with E-state index in [1.807, 2.05) is 0 Å². The Labute approximate surface area is 482 Å². The first-order chi connectivity index (χ1) is 39.1. The van der Waals surface area contributed by atoms with Crippen molar-refractivity contribution in [2.75, 3.05) is 19.8 Å². The third-order valence-electron chi connectivity index (χ3n) is 16.3. The molecule has 0 spiro atoms. The zero-order valence-electron chi connectivity index (χ0n) is 49.3. The first-order valence-electron chi connectivity index (χ1n) is 31.6. The van der Waals surface area contributed by atoms with Gasteiger partial charge >= 0.3 is 17.9 Å². The van der Waals surface area contributed by atoms with Crippen molar-refractivity contribution in [2.45, 2.75) is 343 Å². The maximum absolute atomic E-state index is 13.7. The van der Waals surface area contributed by atoms with Crippen molar-refractivity contribution in [3.05, 3.63) is 0 Å². The Kier molecular flexibility index (Phi) is 36.1. The van der Waals surface area contributed by atoms with Gasteiger partial charge in [0, 0.05) is 0 Å². The molecule has 4 fully saturated rings. The Hall–Kier alpha value is -2.19. The monoisotopic (exact) mass is 1160 g/mol. The largest absolute Gasteiger partial charge is 0.463 e. The van der Waals surface area contributed by atoms with Gasteiger partial charge in [-0.1, -0.05) is 194 Å². The Morgan fingerprint density at radius 3 is 0.716 bits per heavy atom. The lowest BCUT2D eigenvalue weighted by atomic mass is 9.98. The van der Waals surface area contributed by atoms with E-state index in [1.165, 1.54) is 38.5 Å². The van der Waals surface area contributed by atoms with Crippen LogP contribution in [0.4, 0.5) is 0 Å². The zero-order valence-corrected chi connectivity index (χ0v) is 49.3. The molecule has 474 valence electrons. The van der Waals surface area contributed by atoms with Crippen LogP contribution in [0.3, 0.4) is 0 Å². The fourth-order valence-electron chi connectivity index (χ4n) is 11.0. The summed E-state index contributed by atoms with van der Waals surface area (Å²) in [6, 6.07) is 0. The summed E-state index contributed by atoms with van der Waals surface area (Å²) in [5.41, 5.74) is 0. The number of aliphatic hydroxyl groups is 9. The van der Waals surface area contributed by atoms with Gasteiger partial charge in [0.15, 0.2) is 18.9 Å². The summed E-state index contributed by atoms with van der Waals surface area (Å²) >= 11 is 0. The van der Waals surface area contributed by atoms with Gasteiger partial charge in [0.05, 0.1) is 37.6 Å². The zero-order chi connectivity index (χ0) is 58.9. The number of aliphatic hydroxyl groups excluding tert-OH is 9. The van der Waals surface area contributed by atoms with Crippen LogP contribution >= 0.6 is 0 Å². The van der Waals surface area contributed by atoms with Crippen molar-refractivity contribution in [2.24, 2.45) is 0 Å². The minimum atomic E-state index is -1.82. The molecule has 0 aliphatic carbocycles. The van der Waals surface area contributed by atoms with Gasteiger partial charge in [-0.25, -0.2) is 0 Å². The predicted octanol–water partition coefficient (Wildman–Crippen LogP) is 6.14. The minimum absolute atomic E-state index is 0.290. The van der Waals surface area contributed by atoms with Gasteiger partial charge in [-0.05, 0) is 19.3 Å². The molecule has 4 rings (SSSR count). The fourth-order valence-corrected chi connectivity index (χ4v) is 11.0. The highest BCUT2D eigenvalue weighted by Gasteiger charge is 2.49. The minimum Gasteiger partial charge on any atom is -0.463 e. The summed E-state index contributed by atoms with van der Waals surface area (Å²) in [5, 5.41) is 99.8. The Morgan fingerprint density at radius 2 is 0.494 bits per heavy atom. The Bertz CT molecular complexity index is 1480. The summed E-state index contributed by atoms with van der Waals surface area (Å²) in [6.07, 6.45) is -0.903. The van der Waals surface area contributed by atoms with Crippen LogP contribution in [-0.4, -0.2) is 194 Å². The molecule has 15 unspecified atom stereocenters. The number of cyclic esters (lactones) is 3. The van der Waals surface area contributed by atoms with E-state index in [-0.39, 0.29) is 0 Å². The van der Waals surface area contributed by atoms with Gasteiger partial charge in [-0.2, -0.15) is 0 Å². The summed E-state index contributed by atoms with van der Waals surface area (Å²) in [6.45, 7) is 4.69. The number of fused-ring (bicyclic) bond motifs is 6. The highest BCUT2D eigenvalue weighted by atomic mass is 16.7. The molecule has 4 aliphatic heterocycles. The molecule has 18 atom stereocenters. The molecule has 81 heavy (non-hydrogen) atoms. The van der Waals surface area contributed by atoms with E-state index in [4.69, 9.17) is 42.6 Å². The van der Waals surface area contributed by atoms with Crippen molar-refractivity contribution in [1.82, 2.24) is 0 Å². The van der Waals surface area contributed by atoms with Crippen molar-refractivity contribution in [3.8, 4) is 0 Å². The van der Waals surface area contributed by atoms with Crippen molar-refractivity contribution in [3.63, 3.8) is 0 Å². The second kappa shape index (κ2) is 41.0. The quantitative estimate of drug-likeness (QED) is 0.0221. The van der Waals surface area contributed by atoms with Crippen LogP contribution in [0.15, 0.2) is 0 Å². The van der Waals surface area contributed by atoms with Gasteiger partial charge < -0.3 is 88.6 Å². The van der Waals surface area contributed by atoms with E-state index >= 15 is 0 Å². The number of rotatable bonds is 30. The molecule has 0 aromatic carbocycles. The molecule has 4 saturated heterocycles. The van der Waals surface area contributed by atoms with Crippen molar-refractivity contribution >= 4 is 17.9 Å². The third kappa shape index (κ3) is 26.5. The maximum atomic E-state index is 13.7. The predicted molar refractivity (Wildman–Crippen MR) is 297 cm³/mol. The highest BCUT2D eigenvalue weighted by molar-refractivity contribution is 5.70. The second-order valence-electron chi connectivity index (χ2n) is 23.3. The smallest absolute Gasteiger partial charge is 0.308 e. The molecule has 4 aliphatic rings. The van der Waals surface area contributed by atoms with E-state index < -0.39 is 167 Å². The lowest BCUT2D eigenvalue weighted by Crippen LogP contribution is -2.60. The number of unbranched alkanes of at least 4 members (excludes halogenated alkanes) is 24. The molecule has 21 nitrogen and oxygen atoms in total. The van der Waals surface area contributed by atoms with Crippen LogP contribution in [0.25, 0.3) is 0 Å². The van der Waals surface area contributed by atoms with Crippen LogP contribution in [0, 0.1) is 0 Å². The van der Waals surface area contributed by atoms with Crippen LogP contribution in [-0.2, 0) is 57.0 Å². The molecular formula is C60H108O21. The van der Waals surface area contributed by atoms with E-state index in [0.717, 1.165) is 116 Å². The van der Waals surface area contributed by atoms with Crippen LogP contribution < -0.4 is 0 Å². The molecule has 0 aromatic heterocycles. The van der Waals surface area contributed by atoms with Gasteiger partial charge in [0.25, 0.3) is 0 Å². The van der Waals surface area contributed by atoms with E-state index in [2.05, 4.69) is 20.8 Å². The number of carbonyl (C=O) groups is 3. The van der Waals surface area contributed by atoms with E-state index in [9.17, 15) is 60.3 Å². The lowest BCUT2D eigenvalue weighted by molar-refractivity contribution is -0.314. The molecule has 0 aromatic rings. The van der Waals surface area contributed by atoms with Gasteiger partial charge in [0.2, 0.25) is 0 Å². The first kappa shape index (κ1) is 71.3. The second-order valence-corrected chi connectivity index (χ2v) is 23.3. The van der Waals surface area contributed by atoms with Crippen LogP contribution in [0.2, 0.25) is 0 Å². The molecule has 6 bridgehead atoms. The summed E-state index contributed by atoms with van der Waals surface area (Å²) in [5.74, 6) is -2.45. The molecule has 0 radical (unpaired) electrons. The maximum Gasteiger partial charge on any atom is 0.308 e. The molecule has 21 heteroatoms. The number of esters is 3. The van der Waals surface area contributed by atoms with Crippen LogP contribution in [0.1, 0.15) is 233 Å². The summed E-state index contributed by atoms with van der Waals surface area (Å²) in [7, 11) is 0. The Morgan fingerprint density at radius 1 is 0.284 bits per heavy atom. The van der Waals surface area contributed by atoms with Gasteiger partial charge in [-0.15, -0.1) is 0 Å². The fraction of sp³-hybridized carbons (Fsp3) is 0.950. The molecule has 9 N–H and O–H groups in total. The molecular weight excluding hydrogens is 1060 g/mol. The van der Waals surface area contributed by atoms with E-state index in [1.54, 1.807) is 0 Å². The summed E-state index contributed by atoms with van der Waals surface area (Å²) in [4.78, 5) is 41.0. The first-order valence-corrected chi connectivity index (χ1v) is 31.6. The molecule has 0 amide bonds. The van der Waals surface area contributed by atoms with E-state index in [0.29, 0.717) is 38.5 Å². The number of hydrogen-bond donors (Lipinski definition) is 9. The van der Waals surface area contributed by atoms with Crippen molar-refractivity contribution < 1.29 is 103 Å². The topological polar surface area (TPSA) is 316 Å². The Balaban J connectivity index is 1.58. The molecule has 0 saturated carbocycles. The average molecular weight is 1170 g/mol. The molecule has 4 heterocycles. The lowest BCUT2D eigenvalue weighted by Gasteiger charge is -2.41. The van der Waals surface area contributed by atoms with Gasteiger partial charge in [-0.3, -0.25) is 14.4 Å². The average Bonchev–Trinajstić information content (AvgIpc) is 3.60. The number of ether oxygens (including phenoxy) is 9. The number of hydrogen-bond acceptors (Lipinski definition) is 21.